The summed E-state index contributed by atoms with van der Waals surface area (Å²) in [6, 6.07) is 0.869. The maximum absolute atomic E-state index is 5.37. The van der Waals surface area contributed by atoms with E-state index in [2.05, 4.69) is 36.0 Å². The number of aromatic nitrogens is 1. The zero-order valence-corrected chi connectivity index (χ0v) is 12.3. The zero-order valence-electron chi connectivity index (χ0n) is 11.5. The quantitative estimate of drug-likeness (QED) is 0.885. The van der Waals surface area contributed by atoms with Crippen LogP contribution in [-0.2, 0) is 4.74 Å². The van der Waals surface area contributed by atoms with Gasteiger partial charge in [-0.05, 0) is 20.8 Å². The molecule has 2 unspecified atom stereocenters. The van der Waals surface area contributed by atoms with E-state index in [9.17, 15) is 0 Å². The third-order valence-electron chi connectivity index (χ3n) is 3.35. The fourth-order valence-electron chi connectivity index (χ4n) is 2.45. The van der Waals surface area contributed by atoms with Crippen LogP contribution in [0.3, 0.4) is 0 Å². The Morgan fingerprint density at radius 1 is 1.44 bits per heavy atom. The molecule has 18 heavy (non-hydrogen) atoms. The molecular formula is C13H23N3OS. The summed E-state index contributed by atoms with van der Waals surface area (Å²) in [5.74, 6) is 0. The van der Waals surface area contributed by atoms with Gasteiger partial charge in [-0.3, -0.25) is 4.90 Å². The summed E-state index contributed by atoms with van der Waals surface area (Å²) < 4.78 is 5.37. The van der Waals surface area contributed by atoms with Crippen LogP contribution in [0.4, 0.5) is 0 Å². The molecule has 1 aliphatic rings. The van der Waals surface area contributed by atoms with Crippen LogP contribution in [0.15, 0.2) is 5.51 Å². The molecule has 1 saturated heterocycles. The standard InChI is InChI=1S/C13H23N3OS/c1-10(8-16-4-6-17-7-5-16)15-12(3)13-11(2)14-9-18-13/h9-10,12,15H,4-8H2,1-3H3. The first-order valence-corrected chi connectivity index (χ1v) is 7.51. The highest BCUT2D eigenvalue weighted by Crippen LogP contribution is 2.21. The van der Waals surface area contributed by atoms with E-state index in [4.69, 9.17) is 4.74 Å². The topological polar surface area (TPSA) is 37.4 Å². The molecule has 0 radical (unpaired) electrons. The first-order chi connectivity index (χ1) is 8.66. The van der Waals surface area contributed by atoms with Gasteiger partial charge >= 0.3 is 0 Å². The number of hydrogen-bond donors (Lipinski definition) is 1. The van der Waals surface area contributed by atoms with Crippen molar-refractivity contribution in [2.75, 3.05) is 32.8 Å². The van der Waals surface area contributed by atoms with E-state index in [1.807, 2.05) is 5.51 Å². The van der Waals surface area contributed by atoms with E-state index in [0.717, 1.165) is 38.5 Å². The van der Waals surface area contributed by atoms with Crippen molar-refractivity contribution in [2.45, 2.75) is 32.9 Å². The van der Waals surface area contributed by atoms with Gasteiger partial charge in [0.15, 0.2) is 0 Å². The van der Waals surface area contributed by atoms with Crippen LogP contribution in [0.1, 0.15) is 30.5 Å². The van der Waals surface area contributed by atoms with Crippen LogP contribution in [0.25, 0.3) is 0 Å². The van der Waals surface area contributed by atoms with Gasteiger partial charge in [-0.2, -0.15) is 0 Å². The average Bonchev–Trinajstić information content (AvgIpc) is 2.76. The Bertz CT molecular complexity index is 363. The zero-order chi connectivity index (χ0) is 13.0. The molecule has 5 heteroatoms. The van der Waals surface area contributed by atoms with Crippen molar-refractivity contribution in [3.8, 4) is 0 Å². The number of rotatable bonds is 5. The smallest absolute Gasteiger partial charge is 0.0798 e. The van der Waals surface area contributed by atoms with Gasteiger partial charge in [-0.25, -0.2) is 4.98 Å². The van der Waals surface area contributed by atoms with E-state index in [-0.39, 0.29) is 0 Å². The molecule has 1 fully saturated rings. The van der Waals surface area contributed by atoms with Gasteiger partial charge in [-0.1, -0.05) is 0 Å². The molecule has 2 atom stereocenters. The Labute approximate surface area is 113 Å². The van der Waals surface area contributed by atoms with Crippen molar-refractivity contribution >= 4 is 11.3 Å². The molecule has 1 aromatic rings. The lowest BCUT2D eigenvalue weighted by Gasteiger charge is -2.30. The van der Waals surface area contributed by atoms with E-state index in [0.29, 0.717) is 12.1 Å². The minimum Gasteiger partial charge on any atom is -0.379 e. The summed E-state index contributed by atoms with van der Waals surface area (Å²) in [4.78, 5) is 8.13. The van der Waals surface area contributed by atoms with E-state index >= 15 is 0 Å². The van der Waals surface area contributed by atoms with E-state index < -0.39 is 0 Å². The lowest BCUT2D eigenvalue weighted by Crippen LogP contribution is -2.44. The minimum atomic E-state index is 0.383. The number of aryl methyl sites for hydroxylation is 1. The fraction of sp³-hybridized carbons (Fsp3) is 0.769. The van der Waals surface area contributed by atoms with Crippen molar-refractivity contribution in [1.29, 1.82) is 0 Å². The number of thiazole rings is 1. The van der Waals surface area contributed by atoms with Crippen molar-refractivity contribution in [2.24, 2.45) is 0 Å². The number of ether oxygens (including phenoxy) is 1. The van der Waals surface area contributed by atoms with Crippen LogP contribution in [-0.4, -0.2) is 48.8 Å². The molecule has 2 heterocycles. The normalized spacial score (nSPS) is 20.8. The summed E-state index contributed by atoms with van der Waals surface area (Å²) in [7, 11) is 0. The summed E-state index contributed by atoms with van der Waals surface area (Å²) >= 11 is 1.74. The molecule has 0 bridgehead atoms. The van der Waals surface area contributed by atoms with Crippen LogP contribution < -0.4 is 5.32 Å². The number of hydrogen-bond acceptors (Lipinski definition) is 5. The van der Waals surface area contributed by atoms with Gasteiger partial charge in [0.25, 0.3) is 0 Å². The molecule has 102 valence electrons. The molecule has 2 rings (SSSR count). The largest absolute Gasteiger partial charge is 0.379 e. The molecule has 4 nitrogen and oxygen atoms in total. The minimum absolute atomic E-state index is 0.383. The predicted molar refractivity (Wildman–Crippen MR) is 75.1 cm³/mol. The third kappa shape index (κ3) is 3.75. The second kappa shape index (κ2) is 6.61. The predicted octanol–water partition coefficient (Wildman–Crippen LogP) is 1.82. The Balaban J connectivity index is 1.79. The summed E-state index contributed by atoms with van der Waals surface area (Å²) in [5, 5.41) is 3.66. The van der Waals surface area contributed by atoms with Crippen molar-refractivity contribution < 1.29 is 4.74 Å². The van der Waals surface area contributed by atoms with Gasteiger partial charge in [0, 0.05) is 36.6 Å². The Morgan fingerprint density at radius 3 is 2.78 bits per heavy atom. The lowest BCUT2D eigenvalue weighted by molar-refractivity contribution is 0.0339. The van der Waals surface area contributed by atoms with Gasteiger partial charge < -0.3 is 10.1 Å². The Hall–Kier alpha value is -0.490. The Kier molecular flexibility index (Phi) is 5.12. The summed E-state index contributed by atoms with van der Waals surface area (Å²) in [5.41, 5.74) is 3.08. The monoisotopic (exact) mass is 269 g/mol. The molecule has 0 aliphatic carbocycles. The van der Waals surface area contributed by atoms with E-state index in [1.165, 1.54) is 4.88 Å². The molecule has 0 amide bonds. The van der Waals surface area contributed by atoms with Gasteiger partial charge in [0.2, 0.25) is 0 Å². The fourth-order valence-corrected chi connectivity index (χ4v) is 3.27. The van der Waals surface area contributed by atoms with E-state index in [1.54, 1.807) is 11.3 Å². The molecule has 0 aromatic carbocycles. The highest BCUT2D eigenvalue weighted by molar-refractivity contribution is 7.09. The Morgan fingerprint density at radius 2 is 2.17 bits per heavy atom. The number of morpholine rings is 1. The SMILES string of the molecule is Cc1ncsc1C(C)NC(C)CN1CCOCC1. The summed E-state index contributed by atoms with van der Waals surface area (Å²) in [6.07, 6.45) is 0. The average molecular weight is 269 g/mol. The third-order valence-corrected chi connectivity index (χ3v) is 4.46. The van der Waals surface area contributed by atoms with Gasteiger partial charge in [-0.15, -0.1) is 11.3 Å². The van der Waals surface area contributed by atoms with Crippen LogP contribution in [0.5, 0.6) is 0 Å². The lowest BCUT2D eigenvalue weighted by atomic mass is 10.2. The first kappa shape index (κ1) is 13.9. The highest BCUT2D eigenvalue weighted by atomic mass is 32.1. The van der Waals surface area contributed by atoms with Crippen molar-refractivity contribution in [1.82, 2.24) is 15.2 Å². The van der Waals surface area contributed by atoms with Crippen LogP contribution in [0, 0.1) is 6.92 Å². The molecule has 0 spiro atoms. The second-order valence-electron chi connectivity index (χ2n) is 5.00. The molecular weight excluding hydrogens is 246 g/mol. The second-order valence-corrected chi connectivity index (χ2v) is 5.89. The molecule has 1 aliphatic heterocycles. The van der Waals surface area contributed by atoms with Gasteiger partial charge in [0.1, 0.15) is 0 Å². The first-order valence-electron chi connectivity index (χ1n) is 6.63. The van der Waals surface area contributed by atoms with Crippen LogP contribution >= 0.6 is 11.3 Å². The summed E-state index contributed by atoms with van der Waals surface area (Å²) in [6.45, 7) is 11.5. The number of nitrogens with one attached hydrogen (secondary N) is 1. The van der Waals surface area contributed by atoms with Crippen molar-refractivity contribution in [3.05, 3.63) is 16.1 Å². The highest BCUT2D eigenvalue weighted by Gasteiger charge is 2.17. The maximum atomic E-state index is 5.37. The van der Waals surface area contributed by atoms with Gasteiger partial charge in [0.05, 0.1) is 24.4 Å². The molecule has 1 N–H and O–H groups in total. The molecule has 0 saturated carbocycles. The molecule has 1 aromatic heterocycles. The van der Waals surface area contributed by atoms with Crippen molar-refractivity contribution in [3.63, 3.8) is 0 Å². The maximum Gasteiger partial charge on any atom is 0.0798 e. The number of nitrogens with zero attached hydrogens (tertiary/aromatic N) is 2. The van der Waals surface area contributed by atoms with Crippen LogP contribution in [0.2, 0.25) is 0 Å².